The van der Waals surface area contributed by atoms with Crippen LogP contribution in [0.15, 0.2) is 24.3 Å². The zero-order valence-electron chi connectivity index (χ0n) is 21.6. The third-order valence-electron chi connectivity index (χ3n) is 5.91. The molecule has 2 heterocycles. The molecule has 0 aliphatic carbocycles. The first-order valence-electron chi connectivity index (χ1n) is 11.8. The van der Waals surface area contributed by atoms with Crippen molar-refractivity contribution in [3.8, 4) is 16.9 Å². The van der Waals surface area contributed by atoms with Gasteiger partial charge in [0.05, 0.1) is 24.8 Å². The maximum Gasteiger partial charge on any atom is 0.410 e. The Morgan fingerprint density at radius 3 is 2.32 bits per heavy atom. The van der Waals surface area contributed by atoms with Gasteiger partial charge in [0.1, 0.15) is 28.5 Å². The van der Waals surface area contributed by atoms with Crippen molar-refractivity contribution in [2.75, 3.05) is 45.3 Å². The minimum absolute atomic E-state index is 0.0749. The Bertz CT molecular complexity index is 1400. The molecule has 4 rings (SSSR count). The highest BCUT2D eigenvalue weighted by Gasteiger charge is 2.30. The molecule has 0 saturated carbocycles. The Balaban J connectivity index is 1.81. The molecule has 0 spiro atoms. The highest BCUT2D eigenvalue weighted by atomic mass is 35.5. The molecular formula is C26H27ClF2N4O5. The van der Waals surface area contributed by atoms with Crippen LogP contribution in [-0.2, 0) is 9.47 Å². The number of methoxy groups -OCH3 is 2. The number of piperazine rings is 1. The van der Waals surface area contributed by atoms with Crippen LogP contribution in [0.1, 0.15) is 31.4 Å². The molecule has 0 unspecified atom stereocenters. The lowest BCUT2D eigenvalue weighted by atomic mass is 10.0. The van der Waals surface area contributed by atoms with Crippen molar-refractivity contribution in [3.05, 3.63) is 46.7 Å². The molecular weight excluding hydrogens is 522 g/mol. The normalized spacial score (nSPS) is 14.0. The third-order valence-corrected chi connectivity index (χ3v) is 6.21. The first-order chi connectivity index (χ1) is 17.9. The van der Waals surface area contributed by atoms with Crippen LogP contribution in [0.4, 0.5) is 19.4 Å². The average Bonchev–Trinajstić information content (AvgIpc) is 2.87. The number of halogens is 3. The largest absolute Gasteiger partial charge is 0.496 e. The highest BCUT2D eigenvalue weighted by molar-refractivity contribution is 6.34. The molecule has 1 amide bonds. The second-order valence-electron chi connectivity index (χ2n) is 9.58. The van der Waals surface area contributed by atoms with Crippen LogP contribution < -0.4 is 9.64 Å². The first-order valence-corrected chi connectivity index (χ1v) is 12.2. The summed E-state index contributed by atoms with van der Waals surface area (Å²) in [6.07, 6.45) is -0.447. The number of nitrogens with zero attached hydrogens (tertiary/aromatic N) is 4. The fraction of sp³-hybridized carbons (Fsp3) is 0.385. The van der Waals surface area contributed by atoms with E-state index in [1.807, 2.05) is 0 Å². The van der Waals surface area contributed by atoms with Crippen molar-refractivity contribution in [1.29, 1.82) is 0 Å². The van der Waals surface area contributed by atoms with Crippen LogP contribution in [0.3, 0.4) is 0 Å². The lowest BCUT2D eigenvalue weighted by molar-refractivity contribution is 0.0240. The molecule has 9 nitrogen and oxygen atoms in total. The molecule has 0 bridgehead atoms. The molecule has 0 radical (unpaired) electrons. The van der Waals surface area contributed by atoms with E-state index in [1.54, 1.807) is 30.6 Å². The van der Waals surface area contributed by atoms with Gasteiger partial charge in [0, 0.05) is 37.1 Å². The van der Waals surface area contributed by atoms with Crippen LogP contribution in [-0.4, -0.2) is 72.9 Å². The van der Waals surface area contributed by atoms with Crippen molar-refractivity contribution >= 4 is 40.4 Å². The summed E-state index contributed by atoms with van der Waals surface area (Å²) < 4.78 is 46.4. The number of fused-ring (bicyclic) bond motifs is 1. The Kier molecular flexibility index (Phi) is 7.59. The number of amides is 1. The summed E-state index contributed by atoms with van der Waals surface area (Å²) in [5.74, 6) is -2.64. The van der Waals surface area contributed by atoms with Gasteiger partial charge in [-0.1, -0.05) is 17.7 Å². The van der Waals surface area contributed by atoms with Crippen LogP contribution >= 0.6 is 11.6 Å². The molecule has 0 atom stereocenters. The molecule has 2 aromatic carbocycles. The van der Waals surface area contributed by atoms with Gasteiger partial charge in [0.2, 0.25) is 5.82 Å². The molecule has 1 saturated heterocycles. The van der Waals surface area contributed by atoms with E-state index >= 15 is 4.39 Å². The molecule has 1 fully saturated rings. The van der Waals surface area contributed by atoms with Gasteiger partial charge in [-0.2, -0.15) is 0 Å². The SMILES string of the molecule is COC(=O)c1nc(N2CCN(C(=O)OC(C)(C)C)CC2)c2cc(Cl)c(-c3c(F)cccc3OC)c(F)c2n1. The topological polar surface area (TPSA) is 94.1 Å². The average molecular weight is 549 g/mol. The van der Waals surface area contributed by atoms with E-state index in [1.165, 1.54) is 25.3 Å². The Hall–Kier alpha value is -3.73. The summed E-state index contributed by atoms with van der Waals surface area (Å²) in [5, 5.41) is 0.117. The molecule has 12 heteroatoms. The summed E-state index contributed by atoms with van der Waals surface area (Å²) in [7, 11) is 2.49. The predicted molar refractivity (Wildman–Crippen MR) is 138 cm³/mol. The molecule has 1 aliphatic heterocycles. The minimum atomic E-state index is -0.947. The lowest BCUT2D eigenvalue weighted by Gasteiger charge is -2.36. The zero-order chi connectivity index (χ0) is 27.8. The number of hydrogen-bond donors (Lipinski definition) is 0. The number of aromatic nitrogens is 2. The minimum Gasteiger partial charge on any atom is -0.496 e. The van der Waals surface area contributed by atoms with Gasteiger partial charge in [-0.25, -0.2) is 28.3 Å². The van der Waals surface area contributed by atoms with Crippen LogP contribution in [0.25, 0.3) is 22.0 Å². The fourth-order valence-electron chi connectivity index (χ4n) is 4.18. The van der Waals surface area contributed by atoms with E-state index in [2.05, 4.69) is 9.97 Å². The van der Waals surface area contributed by atoms with Crippen molar-refractivity contribution in [3.63, 3.8) is 0 Å². The molecule has 3 aromatic rings. The van der Waals surface area contributed by atoms with E-state index in [0.717, 1.165) is 13.2 Å². The van der Waals surface area contributed by atoms with E-state index in [4.69, 9.17) is 25.8 Å². The summed E-state index contributed by atoms with van der Waals surface area (Å²) >= 11 is 6.51. The molecule has 1 aliphatic rings. The van der Waals surface area contributed by atoms with E-state index in [9.17, 15) is 14.0 Å². The van der Waals surface area contributed by atoms with Crippen molar-refractivity contribution < 1.29 is 32.6 Å². The monoisotopic (exact) mass is 548 g/mol. The molecule has 1 aromatic heterocycles. The lowest BCUT2D eigenvalue weighted by Crippen LogP contribution is -2.50. The van der Waals surface area contributed by atoms with Gasteiger partial charge in [0.15, 0.2) is 5.82 Å². The number of benzene rings is 2. The Morgan fingerprint density at radius 2 is 1.71 bits per heavy atom. The third kappa shape index (κ3) is 5.28. The summed E-state index contributed by atoms with van der Waals surface area (Å²) in [6.45, 7) is 6.58. The number of ether oxygens (including phenoxy) is 3. The second kappa shape index (κ2) is 10.6. The summed E-state index contributed by atoms with van der Waals surface area (Å²) in [6, 6.07) is 5.50. The Morgan fingerprint density at radius 1 is 1.03 bits per heavy atom. The van der Waals surface area contributed by atoms with Gasteiger partial charge >= 0.3 is 12.1 Å². The zero-order valence-corrected chi connectivity index (χ0v) is 22.4. The van der Waals surface area contributed by atoms with Crippen molar-refractivity contribution in [2.45, 2.75) is 26.4 Å². The van der Waals surface area contributed by atoms with E-state index < -0.39 is 29.3 Å². The smallest absolute Gasteiger partial charge is 0.410 e. The van der Waals surface area contributed by atoms with E-state index in [0.29, 0.717) is 26.2 Å². The van der Waals surface area contributed by atoms with Gasteiger partial charge < -0.3 is 24.0 Å². The quantitative estimate of drug-likeness (QED) is 0.417. The molecule has 202 valence electrons. The number of anilines is 1. The second-order valence-corrected chi connectivity index (χ2v) is 9.98. The van der Waals surface area contributed by atoms with Gasteiger partial charge in [-0.3, -0.25) is 0 Å². The van der Waals surface area contributed by atoms with Crippen molar-refractivity contribution in [1.82, 2.24) is 14.9 Å². The van der Waals surface area contributed by atoms with Crippen molar-refractivity contribution in [2.24, 2.45) is 0 Å². The van der Waals surface area contributed by atoms with Crippen LogP contribution in [0.5, 0.6) is 5.75 Å². The summed E-state index contributed by atoms with van der Waals surface area (Å²) in [4.78, 5) is 36.7. The summed E-state index contributed by atoms with van der Waals surface area (Å²) in [5.41, 5.74) is -1.32. The number of rotatable bonds is 4. The maximum absolute atomic E-state index is 16.1. The van der Waals surface area contributed by atoms with Gasteiger partial charge in [0.25, 0.3) is 0 Å². The standard InChI is InChI=1S/C26H27ClF2N4O5/c1-26(2,3)38-25(35)33-11-9-32(10-12-33)23-14-13-15(27)18(19-16(28)7-6-8-17(19)36-4)20(29)21(14)30-22(31-23)24(34)37-5/h6-8,13H,9-12H2,1-5H3. The van der Waals surface area contributed by atoms with E-state index in [-0.39, 0.29) is 44.4 Å². The maximum atomic E-state index is 16.1. The first kappa shape index (κ1) is 27.3. The van der Waals surface area contributed by atoms with Gasteiger partial charge in [-0.15, -0.1) is 0 Å². The van der Waals surface area contributed by atoms with Crippen LogP contribution in [0, 0.1) is 11.6 Å². The number of hydrogen-bond acceptors (Lipinski definition) is 8. The molecule has 38 heavy (non-hydrogen) atoms. The highest BCUT2D eigenvalue weighted by Crippen LogP contribution is 2.42. The number of carbonyl (C=O) groups is 2. The fourth-order valence-corrected chi connectivity index (χ4v) is 4.46. The number of carbonyl (C=O) groups excluding carboxylic acids is 2. The van der Waals surface area contributed by atoms with Gasteiger partial charge in [-0.05, 0) is 39.0 Å². The predicted octanol–water partition coefficient (Wildman–Crippen LogP) is 5.08. The Labute approximate surface area is 223 Å². The van der Waals surface area contributed by atoms with Crippen LogP contribution in [0.2, 0.25) is 5.02 Å². The number of esters is 1. The molecule has 0 N–H and O–H groups in total.